The lowest BCUT2D eigenvalue weighted by atomic mass is 10.1. The van der Waals surface area contributed by atoms with E-state index in [0.29, 0.717) is 5.03 Å². The second-order valence-corrected chi connectivity index (χ2v) is 8.22. The molecule has 3 rings (SSSR count). The van der Waals surface area contributed by atoms with Crippen LogP contribution in [0.5, 0.6) is 0 Å². The molecule has 0 atom stereocenters. The lowest BCUT2D eigenvalue weighted by Gasteiger charge is -2.27. The quantitative estimate of drug-likeness (QED) is 0.446. The van der Waals surface area contributed by atoms with Crippen LogP contribution in [0, 0.1) is 0 Å². The normalized spacial score (nSPS) is 16.7. The molecule has 2 aromatic rings. The number of halogens is 6. The first kappa shape index (κ1) is 23.5. The third-order valence-electron chi connectivity index (χ3n) is 4.79. The van der Waals surface area contributed by atoms with Gasteiger partial charge in [-0.15, -0.1) is 16.9 Å². The van der Waals surface area contributed by atoms with E-state index >= 15 is 0 Å². The second kappa shape index (κ2) is 9.15. The largest absolute Gasteiger partial charge is 0.417 e. The van der Waals surface area contributed by atoms with Crippen LogP contribution in [0.15, 0.2) is 29.4 Å². The minimum Gasteiger partial charge on any atom is -0.371 e. The summed E-state index contributed by atoms with van der Waals surface area (Å²) in [6.45, 7) is -0.109. The number of alkyl halides is 5. The highest BCUT2D eigenvalue weighted by Crippen LogP contribution is 2.40. The Morgan fingerprint density at radius 1 is 1.23 bits per heavy atom. The Morgan fingerprint density at radius 3 is 2.65 bits per heavy atom. The predicted octanol–water partition coefficient (Wildman–Crippen LogP) is 5.75. The van der Waals surface area contributed by atoms with Crippen molar-refractivity contribution in [3.63, 3.8) is 0 Å². The lowest BCUT2D eigenvalue weighted by Crippen LogP contribution is -2.29. The first-order valence-corrected chi connectivity index (χ1v) is 10.8. The second-order valence-electron chi connectivity index (χ2n) is 6.98. The van der Waals surface area contributed by atoms with E-state index < -0.39 is 35.0 Å². The molecule has 0 aliphatic carbocycles. The molecule has 1 N–H and O–H groups in total. The van der Waals surface area contributed by atoms with Crippen LogP contribution >= 0.6 is 23.4 Å². The van der Waals surface area contributed by atoms with Crippen molar-refractivity contribution in [1.29, 1.82) is 0 Å². The van der Waals surface area contributed by atoms with Crippen molar-refractivity contribution >= 4 is 40.6 Å². The van der Waals surface area contributed by atoms with E-state index in [-0.39, 0.29) is 42.9 Å². The van der Waals surface area contributed by atoms with Crippen molar-refractivity contribution in [1.82, 2.24) is 10.2 Å². The summed E-state index contributed by atoms with van der Waals surface area (Å²) in [4.78, 5) is 14.3. The predicted molar refractivity (Wildman–Crippen MR) is 109 cm³/mol. The topological polar surface area (TPSA) is 58.1 Å². The molecule has 31 heavy (non-hydrogen) atoms. The van der Waals surface area contributed by atoms with E-state index in [2.05, 4.69) is 15.5 Å². The Morgan fingerprint density at radius 2 is 1.97 bits per heavy atom. The highest BCUT2D eigenvalue weighted by atomic mass is 35.5. The van der Waals surface area contributed by atoms with E-state index in [1.54, 1.807) is 12.3 Å². The number of thioether (sulfide) groups is 1. The molecule has 1 aromatic carbocycles. The minimum absolute atomic E-state index is 0.0728. The summed E-state index contributed by atoms with van der Waals surface area (Å²) in [6, 6.07) is 3.22. The molecule has 0 unspecified atom stereocenters. The maximum absolute atomic E-state index is 13.8. The summed E-state index contributed by atoms with van der Waals surface area (Å²) >= 11 is 7.12. The minimum atomic E-state index is -4.76. The number of amides is 1. The summed E-state index contributed by atoms with van der Waals surface area (Å²) in [5.41, 5.74) is -1.09. The van der Waals surface area contributed by atoms with Crippen LogP contribution in [0.3, 0.4) is 0 Å². The van der Waals surface area contributed by atoms with Gasteiger partial charge in [0.15, 0.2) is 0 Å². The maximum atomic E-state index is 13.8. The fourth-order valence-electron chi connectivity index (χ4n) is 3.24. The molecular weight excluding hydrogens is 463 g/mol. The van der Waals surface area contributed by atoms with Gasteiger partial charge in [-0.3, -0.25) is 4.79 Å². The third kappa shape index (κ3) is 5.76. The van der Waals surface area contributed by atoms with Crippen LogP contribution in [0.2, 0.25) is 5.02 Å². The number of nitrogens with zero attached hydrogens (tertiary/aromatic N) is 3. The summed E-state index contributed by atoms with van der Waals surface area (Å²) in [5, 5.41) is 10.0. The molecule has 2 heterocycles. The summed E-state index contributed by atoms with van der Waals surface area (Å²) in [7, 11) is 0. The SMILES string of the molecule is CSc1cc(NC(=O)c2cc(Cl)c(C(F)(F)F)cc2N2CCCC(F)(F)CC2)cnn1. The Balaban J connectivity index is 2.01. The molecule has 0 saturated carbocycles. The monoisotopic (exact) mass is 480 g/mol. The van der Waals surface area contributed by atoms with Gasteiger partial charge in [0.1, 0.15) is 5.03 Å². The van der Waals surface area contributed by atoms with Crippen molar-refractivity contribution in [3.05, 3.63) is 40.5 Å². The van der Waals surface area contributed by atoms with Gasteiger partial charge in [0.25, 0.3) is 5.91 Å². The van der Waals surface area contributed by atoms with E-state index in [1.165, 1.54) is 22.9 Å². The lowest BCUT2D eigenvalue weighted by molar-refractivity contribution is -0.137. The molecule has 1 saturated heterocycles. The molecule has 1 aliphatic rings. The molecule has 1 aliphatic heterocycles. The Hall–Kier alpha value is -2.14. The van der Waals surface area contributed by atoms with Gasteiger partial charge in [-0.2, -0.15) is 18.3 Å². The van der Waals surface area contributed by atoms with E-state index in [4.69, 9.17) is 11.6 Å². The molecule has 1 aromatic heterocycles. The van der Waals surface area contributed by atoms with Crippen LogP contribution in [-0.4, -0.2) is 41.4 Å². The molecule has 0 radical (unpaired) electrons. The summed E-state index contributed by atoms with van der Waals surface area (Å²) in [5.74, 6) is -3.64. The number of rotatable bonds is 4. The number of benzene rings is 1. The molecule has 1 fully saturated rings. The van der Waals surface area contributed by atoms with Gasteiger partial charge in [0.05, 0.1) is 33.7 Å². The molecule has 0 bridgehead atoms. The fourth-order valence-corrected chi connectivity index (χ4v) is 3.89. The van der Waals surface area contributed by atoms with Crippen molar-refractivity contribution in [2.75, 3.05) is 29.6 Å². The third-order valence-corrected chi connectivity index (χ3v) is 5.72. The van der Waals surface area contributed by atoms with Gasteiger partial charge in [-0.05, 0) is 30.9 Å². The average molecular weight is 481 g/mol. The molecule has 12 heteroatoms. The van der Waals surface area contributed by atoms with Gasteiger partial charge >= 0.3 is 6.18 Å². The Labute approximate surface area is 184 Å². The Bertz CT molecular complexity index is 973. The van der Waals surface area contributed by atoms with E-state index in [9.17, 15) is 26.7 Å². The Kier molecular flexibility index (Phi) is 6.95. The zero-order valence-electron chi connectivity index (χ0n) is 16.3. The highest BCUT2D eigenvalue weighted by Gasteiger charge is 2.37. The molecule has 1 amide bonds. The van der Waals surface area contributed by atoms with E-state index in [0.717, 1.165) is 12.1 Å². The van der Waals surface area contributed by atoms with Crippen LogP contribution < -0.4 is 10.2 Å². The van der Waals surface area contributed by atoms with Crippen LogP contribution in [0.1, 0.15) is 35.2 Å². The van der Waals surface area contributed by atoms with Crippen molar-refractivity contribution in [3.8, 4) is 0 Å². The molecule has 168 valence electrons. The van der Waals surface area contributed by atoms with Gasteiger partial charge < -0.3 is 10.2 Å². The number of aromatic nitrogens is 2. The number of carbonyl (C=O) groups is 1. The average Bonchev–Trinajstić information content (AvgIpc) is 2.87. The smallest absolute Gasteiger partial charge is 0.371 e. The number of hydrogen-bond acceptors (Lipinski definition) is 5. The molecule has 5 nitrogen and oxygen atoms in total. The van der Waals surface area contributed by atoms with Crippen LogP contribution in [-0.2, 0) is 6.18 Å². The van der Waals surface area contributed by atoms with Gasteiger partial charge in [-0.25, -0.2) is 8.78 Å². The van der Waals surface area contributed by atoms with Gasteiger partial charge in [-0.1, -0.05) is 11.6 Å². The number of hydrogen-bond donors (Lipinski definition) is 1. The molecular formula is C19H18ClF5N4OS. The first-order valence-electron chi connectivity index (χ1n) is 9.22. The van der Waals surface area contributed by atoms with Crippen LogP contribution in [0.4, 0.5) is 33.3 Å². The molecule has 0 spiro atoms. The van der Waals surface area contributed by atoms with Gasteiger partial charge in [0.2, 0.25) is 5.92 Å². The van der Waals surface area contributed by atoms with Crippen molar-refractivity contribution in [2.24, 2.45) is 0 Å². The first-order chi connectivity index (χ1) is 14.5. The van der Waals surface area contributed by atoms with Gasteiger partial charge in [0, 0.05) is 25.9 Å². The van der Waals surface area contributed by atoms with E-state index in [1.807, 2.05) is 0 Å². The number of anilines is 2. The zero-order valence-corrected chi connectivity index (χ0v) is 17.8. The van der Waals surface area contributed by atoms with Crippen LogP contribution in [0.25, 0.3) is 0 Å². The number of carbonyl (C=O) groups excluding carboxylic acids is 1. The highest BCUT2D eigenvalue weighted by molar-refractivity contribution is 7.98. The van der Waals surface area contributed by atoms with Crippen molar-refractivity contribution in [2.45, 2.75) is 36.4 Å². The summed E-state index contributed by atoms with van der Waals surface area (Å²) in [6.07, 6.45) is -2.54. The number of nitrogens with one attached hydrogen (secondary N) is 1. The maximum Gasteiger partial charge on any atom is 0.417 e. The standard InChI is InChI=1S/C19H18ClF5N4OS/c1-31-16-7-11(10-26-28-16)27-17(30)12-8-14(20)13(19(23,24)25)9-15(12)29-5-2-3-18(21,22)4-6-29/h7-10H,2-6H2,1H3,(H,27,28,30). The fraction of sp³-hybridized carbons (Fsp3) is 0.421. The summed E-state index contributed by atoms with van der Waals surface area (Å²) < 4.78 is 67.8. The van der Waals surface area contributed by atoms with Crippen molar-refractivity contribution < 1.29 is 26.7 Å². The zero-order chi connectivity index (χ0) is 22.8.